The van der Waals surface area contributed by atoms with Crippen molar-refractivity contribution in [1.29, 1.82) is 0 Å². The predicted molar refractivity (Wildman–Crippen MR) is 129 cm³/mol. The number of amides is 2. The highest BCUT2D eigenvalue weighted by Crippen LogP contribution is 2.31. The maximum atomic E-state index is 13.0. The van der Waals surface area contributed by atoms with Gasteiger partial charge in [-0.1, -0.05) is 42.5 Å². The summed E-state index contributed by atoms with van der Waals surface area (Å²) in [6, 6.07) is 23.5. The number of carbonyl (C=O) groups is 2. The zero-order valence-corrected chi connectivity index (χ0v) is 18.9. The fourth-order valence-corrected chi connectivity index (χ4v) is 4.49. The fraction of sp³-hybridized carbons (Fsp3) is 0.115. The maximum absolute atomic E-state index is 13.0. The molecule has 0 aliphatic carbocycles. The number of carbonyl (C=O) groups excluding carboxylic acids is 2. The van der Waals surface area contributed by atoms with E-state index in [-0.39, 0.29) is 18.2 Å². The lowest BCUT2D eigenvalue weighted by Crippen LogP contribution is -2.47. The molecule has 3 aromatic heterocycles. The molecule has 5 aromatic rings. The van der Waals surface area contributed by atoms with Crippen molar-refractivity contribution in [2.45, 2.75) is 19.0 Å². The third-order valence-electron chi connectivity index (χ3n) is 5.25. The largest absolute Gasteiger partial charge is 0.459 e. The van der Waals surface area contributed by atoms with E-state index in [2.05, 4.69) is 15.6 Å². The third kappa shape index (κ3) is 4.92. The lowest BCUT2D eigenvalue weighted by Gasteiger charge is -2.18. The molecule has 2 amide bonds. The van der Waals surface area contributed by atoms with Crippen molar-refractivity contribution in [3.8, 4) is 10.8 Å². The van der Waals surface area contributed by atoms with Crippen LogP contribution in [-0.2, 0) is 17.8 Å². The monoisotopic (exact) mass is 471 g/mol. The van der Waals surface area contributed by atoms with Crippen LogP contribution in [0.2, 0.25) is 0 Å². The molecule has 0 aliphatic heterocycles. The first-order valence-corrected chi connectivity index (χ1v) is 11.6. The van der Waals surface area contributed by atoms with Crippen LogP contribution < -0.4 is 10.6 Å². The van der Waals surface area contributed by atoms with Gasteiger partial charge in [-0.3, -0.25) is 9.59 Å². The number of rotatable bonds is 8. The number of hydrogen-bond acceptors (Lipinski definition) is 6. The minimum atomic E-state index is -0.779. The van der Waals surface area contributed by atoms with Crippen molar-refractivity contribution in [2.75, 3.05) is 0 Å². The van der Waals surface area contributed by atoms with Gasteiger partial charge in [0, 0.05) is 6.42 Å². The highest BCUT2D eigenvalue weighted by atomic mass is 32.1. The average molecular weight is 472 g/mol. The zero-order chi connectivity index (χ0) is 23.3. The van der Waals surface area contributed by atoms with Crippen LogP contribution >= 0.6 is 11.3 Å². The molecule has 1 atom stereocenters. The van der Waals surface area contributed by atoms with Gasteiger partial charge in [0.1, 0.15) is 11.8 Å². The summed E-state index contributed by atoms with van der Waals surface area (Å²) in [6.07, 6.45) is 1.76. The normalized spacial score (nSPS) is 11.9. The Hall–Kier alpha value is -4.17. The van der Waals surface area contributed by atoms with Crippen LogP contribution in [0.3, 0.4) is 0 Å². The minimum absolute atomic E-state index is 0.150. The van der Waals surface area contributed by atoms with Gasteiger partial charge in [-0.25, -0.2) is 4.98 Å². The molecule has 0 saturated carbocycles. The van der Waals surface area contributed by atoms with Crippen LogP contribution in [-0.4, -0.2) is 22.8 Å². The lowest BCUT2D eigenvalue weighted by molar-refractivity contribution is -0.123. The molecule has 0 radical (unpaired) electrons. The number of benzene rings is 2. The van der Waals surface area contributed by atoms with E-state index in [0.717, 1.165) is 20.8 Å². The Morgan fingerprint density at radius 1 is 0.941 bits per heavy atom. The van der Waals surface area contributed by atoms with Crippen molar-refractivity contribution in [2.24, 2.45) is 0 Å². The fourth-order valence-electron chi connectivity index (χ4n) is 3.56. The second kappa shape index (κ2) is 9.76. The number of fused-ring (bicyclic) bond motifs is 1. The number of para-hydroxylation sites is 1. The van der Waals surface area contributed by atoms with Crippen LogP contribution in [0.15, 0.2) is 94.0 Å². The Labute approximate surface area is 199 Å². The number of nitrogens with one attached hydrogen (secondary N) is 2. The van der Waals surface area contributed by atoms with Crippen molar-refractivity contribution < 1.29 is 18.4 Å². The quantitative estimate of drug-likeness (QED) is 0.339. The van der Waals surface area contributed by atoms with Gasteiger partial charge in [-0.05, 0) is 42.0 Å². The number of furan rings is 2. The Balaban J connectivity index is 1.27. The molecule has 7 nitrogen and oxygen atoms in total. The topological polar surface area (TPSA) is 97.4 Å². The van der Waals surface area contributed by atoms with Gasteiger partial charge in [-0.2, -0.15) is 0 Å². The van der Waals surface area contributed by atoms with Gasteiger partial charge < -0.3 is 19.5 Å². The van der Waals surface area contributed by atoms with E-state index in [1.54, 1.807) is 23.5 Å². The first-order valence-electron chi connectivity index (χ1n) is 10.8. The molecule has 0 bridgehead atoms. The van der Waals surface area contributed by atoms with E-state index in [9.17, 15) is 9.59 Å². The van der Waals surface area contributed by atoms with E-state index in [1.165, 1.54) is 6.26 Å². The molecule has 2 aromatic carbocycles. The molecule has 0 fully saturated rings. The van der Waals surface area contributed by atoms with Gasteiger partial charge in [0.05, 0.1) is 23.0 Å². The molecule has 34 heavy (non-hydrogen) atoms. The van der Waals surface area contributed by atoms with Crippen LogP contribution in [0.4, 0.5) is 0 Å². The van der Waals surface area contributed by atoms with Gasteiger partial charge in [0.15, 0.2) is 16.5 Å². The molecule has 170 valence electrons. The summed E-state index contributed by atoms with van der Waals surface area (Å²) < 4.78 is 12.2. The molecular weight excluding hydrogens is 450 g/mol. The smallest absolute Gasteiger partial charge is 0.287 e. The Kier molecular flexibility index (Phi) is 6.22. The molecule has 1 unspecified atom stereocenters. The Morgan fingerprint density at radius 3 is 2.56 bits per heavy atom. The first kappa shape index (κ1) is 21.7. The second-order valence-corrected chi connectivity index (χ2v) is 8.69. The highest BCUT2D eigenvalue weighted by molar-refractivity contribution is 7.21. The van der Waals surface area contributed by atoms with Gasteiger partial charge >= 0.3 is 0 Å². The molecule has 3 heterocycles. The standard InChI is InChI=1S/C26H21N3O4S/c30-24(20(15-17-7-2-1-3-8-17)28-25(31)21-10-6-14-32-21)27-16-18-12-13-22(33-18)26-29-19-9-4-5-11-23(19)34-26/h1-14,20H,15-16H2,(H,27,30)(H,28,31). The Morgan fingerprint density at radius 2 is 1.76 bits per heavy atom. The summed E-state index contributed by atoms with van der Waals surface area (Å²) in [4.78, 5) is 30.1. The van der Waals surface area contributed by atoms with Crippen molar-refractivity contribution >= 4 is 33.4 Å². The zero-order valence-electron chi connectivity index (χ0n) is 18.1. The average Bonchev–Trinajstić information content (AvgIpc) is 3.63. The molecule has 2 N–H and O–H groups in total. The number of aromatic nitrogens is 1. The van der Waals surface area contributed by atoms with E-state index >= 15 is 0 Å². The second-order valence-electron chi connectivity index (χ2n) is 7.66. The molecule has 8 heteroatoms. The van der Waals surface area contributed by atoms with Crippen LogP contribution in [0.5, 0.6) is 0 Å². The van der Waals surface area contributed by atoms with E-state index < -0.39 is 11.9 Å². The first-order chi connectivity index (χ1) is 16.7. The highest BCUT2D eigenvalue weighted by Gasteiger charge is 2.23. The number of hydrogen-bond donors (Lipinski definition) is 2. The summed E-state index contributed by atoms with van der Waals surface area (Å²) in [7, 11) is 0. The molecule has 0 saturated heterocycles. The molecule has 5 rings (SSSR count). The van der Waals surface area contributed by atoms with Gasteiger partial charge in [0.25, 0.3) is 5.91 Å². The van der Waals surface area contributed by atoms with Crippen LogP contribution in [0.25, 0.3) is 21.0 Å². The molecule has 0 spiro atoms. The predicted octanol–water partition coefficient (Wildman–Crippen LogP) is 4.81. The number of thiazole rings is 1. The third-order valence-corrected chi connectivity index (χ3v) is 6.30. The Bertz CT molecular complexity index is 1370. The van der Waals surface area contributed by atoms with Gasteiger partial charge in [0.2, 0.25) is 5.91 Å². The molecular formula is C26H21N3O4S. The minimum Gasteiger partial charge on any atom is -0.459 e. The summed E-state index contributed by atoms with van der Waals surface area (Å²) in [6.45, 7) is 0.186. The SMILES string of the molecule is O=C(NC(Cc1ccccc1)C(=O)NCc1ccc(-c2nc3ccccc3s2)o1)c1ccco1. The van der Waals surface area contributed by atoms with Crippen molar-refractivity contribution in [1.82, 2.24) is 15.6 Å². The van der Waals surface area contributed by atoms with Crippen LogP contribution in [0, 0.1) is 0 Å². The van der Waals surface area contributed by atoms with Crippen molar-refractivity contribution in [3.63, 3.8) is 0 Å². The summed E-state index contributed by atoms with van der Waals surface area (Å²) in [5, 5.41) is 6.42. The number of nitrogens with zero attached hydrogens (tertiary/aromatic N) is 1. The van der Waals surface area contributed by atoms with E-state index in [0.29, 0.717) is 17.9 Å². The van der Waals surface area contributed by atoms with E-state index in [1.807, 2.05) is 66.7 Å². The molecule has 0 aliphatic rings. The maximum Gasteiger partial charge on any atom is 0.287 e. The van der Waals surface area contributed by atoms with Crippen molar-refractivity contribution in [3.05, 3.63) is 102 Å². The lowest BCUT2D eigenvalue weighted by atomic mass is 10.0. The van der Waals surface area contributed by atoms with E-state index in [4.69, 9.17) is 8.83 Å². The summed E-state index contributed by atoms with van der Waals surface area (Å²) in [5.74, 6) is 0.632. The summed E-state index contributed by atoms with van der Waals surface area (Å²) >= 11 is 1.55. The van der Waals surface area contributed by atoms with Gasteiger partial charge in [-0.15, -0.1) is 11.3 Å². The summed E-state index contributed by atoms with van der Waals surface area (Å²) in [5.41, 5.74) is 1.85. The van der Waals surface area contributed by atoms with Crippen LogP contribution in [0.1, 0.15) is 21.9 Å².